The molecule has 212 valence electrons. The van der Waals surface area contributed by atoms with Gasteiger partial charge in [-0.2, -0.15) is 0 Å². The van der Waals surface area contributed by atoms with Crippen molar-refractivity contribution in [3.63, 3.8) is 0 Å². The Hall–Kier alpha value is -2.83. The topological polar surface area (TPSA) is 144 Å². The normalized spacial score (nSPS) is 26.1. The van der Waals surface area contributed by atoms with E-state index in [-0.39, 0.29) is 28.8 Å². The molecule has 2 aromatic rings. The van der Waals surface area contributed by atoms with E-state index < -0.39 is 30.7 Å². The molecule has 0 radical (unpaired) electrons. The predicted molar refractivity (Wildman–Crippen MR) is 146 cm³/mol. The first kappa shape index (κ1) is 29.2. The minimum absolute atomic E-state index is 0.107. The number of thioether (sulfide) groups is 1. The van der Waals surface area contributed by atoms with Crippen LogP contribution in [0.3, 0.4) is 0 Å². The minimum atomic E-state index is -1.51. The van der Waals surface area contributed by atoms with Gasteiger partial charge in [-0.1, -0.05) is 6.07 Å². The van der Waals surface area contributed by atoms with Gasteiger partial charge in [-0.3, -0.25) is 9.59 Å². The number of aryl methyl sites for hydroxylation is 1. The lowest BCUT2D eigenvalue weighted by molar-refractivity contribution is -0.268. The second kappa shape index (κ2) is 12.1. The quantitative estimate of drug-likeness (QED) is 0.370. The standard InChI is InChI=1S/C28H35NO9S/c1-13-23(32)24(33)25(34)28(37-13)38-20-10-15-6-7-16(12-29-14(2)30)18-11-19(31)21(39-5)9-8-17(18)22(15)27(36-4)26(20)35-3/h8-11,13,16,23-25,28,32-34H,6-7,12H2,1-5H3,(H,29,30)/t13-,16-,23-,24+,25-,28+/m1/s1. The number of nitrogens with one attached hydrogen (secondary N) is 1. The summed E-state index contributed by atoms with van der Waals surface area (Å²) >= 11 is 1.36. The average Bonchev–Trinajstić information content (AvgIpc) is 3.16. The van der Waals surface area contributed by atoms with Gasteiger partial charge in [-0.05, 0) is 60.9 Å². The summed E-state index contributed by atoms with van der Waals surface area (Å²) in [6.45, 7) is 3.39. The van der Waals surface area contributed by atoms with Crippen LogP contribution in [0.25, 0.3) is 11.1 Å². The molecule has 0 bridgehead atoms. The van der Waals surface area contributed by atoms with Crippen molar-refractivity contribution in [2.75, 3.05) is 27.0 Å². The Morgan fingerprint density at radius 3 is 2.46 bits per heavy atom. The fraction of sp³-hybridized carbons (Fsp3) is 0.500. The van der Waals surface area contributed by atoms with Crippen molar-refractivity contribution in [2.45, 2.75) is 68.2 Å². The molecule has 2 aliphatic rings. The number of ether oxygens (including phenoxy) is 4. The maximum absolute atomic E-state index is 13.0. The summed E-state index contributed by atoms with van der Waals surface area (Å²) in [5.74, 6) is 0.532. The maximum atomic E-state index is 13.0. The van der Waals surface area contributed by atoms with Gasteiger partial charge >= 0.3 is 0 Å². The van der Waals surface area contributed by atoms with Crippen LogP contribution in [-0.4, -0.2) is 79.0 Å². The number of aliphatic hydroxyl groups is 3. The lowest BCUT2D eigenvalue weighted by Crippen LogP contribution is -2.58. The summed E-state index contributed by atoms with van der Waals surface area (Å²) in [6, 6.07) is 7.09. The molecule has 1 aliphatic carbocycles. The number of amides is 1. The Labute approximate surface area is 231 Å². The van der Waals surface area contributed by atoms with Gasteiger partial charge in [-0.25, -0.2) is 0 Å². The number of hydrogen-bond acceptors (Lipinski definition) is 10. The summed E-state index contributed by atoms with van der Waals surface area (Å²) < 4.78 is 23.3. The second-order valence-electron chi connectivity index (χ2n) is 9.73. The third kappa shape index (κ3) is 5.73. The van der Waals surface area contributed by atoms with Crippen molar-refractivity contribution >= 4 is 17.7 Å². The first-order chi connectivity index (χ1) is 18.6. The van der Waals surface area contributed by atoms with Crippen LogP contribution in [0, 0.1) is 0 Å². The van der Waals surface area contributed by atoms with Crippen LogP contribution in [0.1, 0.15) is 37.3 Å². The van der Waals surface area contributed by atoms with Crippen molar-refractivity contribution in [1.29, 1.82) is 0 Å². The van der Waals surface area contributed by atoms with Gasteiger partial charge in [0.1, 0.15) is 18.3 Å². The average molecular weight is 562 g/mol. The fourth-order valence-electron chi connectivity index (χ4n) is 5.20. The Morgan fingerprint density at radius 1 is 1.10 bits per heavy atom. The van der Waals surface area contributed by atoms with Crippen LogP contribution < -0.4 is 25.0 Å². The number of rotatable bonds is 7. The Balaban J connectivity index is 1.88. The van der Waals surface area contributed by atoms with E-state index >= 15 is 0 Å². The zero-order chi connectivity index (χ0) is 28.4. The SMILES string of the molecule is COc1c(O[C@@H]2O[C@H](C)[C@@H](O)[C@H](O)[C@H]2O)cc2c(c1OC)-c1ccc(SC)c(=O)cc1[C@@H](CNC(C)=O)CC2. The van der Waals surface area contributed by atoms with E-state index in [9.17, 15) is 24.9 Å². The van der Waals surface area contributed by atoms with Crippen LogP contribution in [0.15, 0.2) is 34.0 Å². The summed E-state index contributed by atoms with van der Waals surface area (Å²) in [5, 5.41) is 33.7. The van der Waals surface area contributed by atoms with Crippen LogP contribution in [0.4, 0.5) is 0 Å². The Kier molecular flexibility index (Phi) is 9.07. The van der Waals surface area contributed by atoms with Gasteiger partial charge in [0.2, 0.25) is 17.9 Å². The zero-order valence-electron chi connectivity index (χ0n) is 22.6. The third-order valence-electron chi connectivity index (χ3n) is 7.27. The van der Waals surface area contributed by atoms with Crippen molar-refractivity contribution < 1.29 is 39.1 Å². The van der Waals surface area contributed by atoms with Crippen LogP contribution in [-0.2, 0) is 16.0 Å². The maximum Gasteiger partial charge on any atom is 0.229 e. The molecule has 1 fully saturated rings. The van der Waals surface area contributed by atoms with Crippen molar-refractivity contribution in [3.8, 4) is 28.4 Å². The molecule has 0 unspecified atom stereocenters. The molecule has 1 saturated heterocycles. The monoisotopic (exact) mass is 561 g/mol. The van der Waals surface area contributed by atoms with Crippen molar-refractivity contribution in [3.05, 3.63) is 45.6 Å². The van der Waals surface area contributed by atoms with Gasteiger partial charge in [0.15, 0.2) is 16.9 Å². The highest BCUT2D eigenvalue weighted by Crippen LogP contribution is 2.51. The highest BCUT2D eigenvalue weighted by Gasteiger charge is 2.43. The van der Waals surface area contributed by atoms with Crippen molar-refractivity contribution in [1.82, 2.24) is 5.32 Å². The number of benzene rings is 1. The first-order valence-electron chi connectivity index (χ1n) is 12.7. The molecule has 0 spiro atoms. The smallest absolute Gasteiger partial charge is 0.229 e. The van der Waals surface area contributed by atoms with E-state index in [1.54, 1.807) is 25.1 Å². The zero-order valence-corrected chi connectivity index (χ0v) is 23.4. The van der Waals surface area contributed by atoms with E-state index in [4.69, 9.17) is 18.9 Å². The molecule has 4 rings (SSSR count). The Bertz CT molecular complexity index is 1290. The fourth-order valence-corrected chi connectivity index (χ4v) is 5.66. The molecule has 2 aromatic carbocycles. The molecule has 11 heteroatoms. The number of carbonyl (C=O) groups is 1. The molecule has 10 nitrogen and oxygen atoms in total. The number of aliphatic hydroxyl groups excluding tert-OH is 3. The van der Waals surface area contributed by atoms with Crippen LogP contribution in [0.2, 0.25) is 0 Å². The van der Waals surface area contributed by atoms with E-state index in [1.807, 2.05) is 12.3 Å². The molecular formula is C28H35NO9S. The summed E-state index contributed by atoms with van der Waals surface area (Å²) in [4.78, 5) is 25.4. The van der Waals surface area contributed by atoms with E-state index in [2.05, 4.69) is 5.32 Å². The lowest BCUT2D eigenvalue weighted by atomic mass is 9.92. The molecule has 0 saturated carbocycles. The second-order valence-corrected chi connectivity index (χ2v) is 10.6. The molecular weight excluding hydrogens is 526 g/mol. The van der Waals surface area contributed by atoms with Gasteiger partial charge in [0, 0.05) is 24.9 Å². The van der Waals surface area contributed by atoms with Gasteiger partial charge < -0.3 is 39.6 Å². The molecule has 1 heterocycles. The molecule has 39 heavy (non-hydrogen) atoms. The minimum Gasteiger partial charge on any atom is -0.492 e. The first-order valence-corrected chi connectivity index (χ1v) is 13.9. The summed E-state index contributed by atoms with van der Waals surface area (Å²) in [6.07, 6.45) is -3.26. The van der Waals surface area contributed by atoms with E-state index in [0.29, 0.717) is 30.0 Å². The van der Waals surface area contributed by atoms with Crippen molar-refractivity contribution in [2.24, 2.45) is 0 Å². The molecule has 1 aliphatic heterocycles. The van der Waals surface area contributed by atoms with E-state index in [0.717, 1.165) is 22.3 Å². The summed E-state index contributed by atoms with van der Waals surface area (Å²) in [5.41, 5.74) is 3.04. The molecule has 0 aromatic heterocycles. The van der Waals surface area contributed by atoms with Gasteiger partial charge in [-0.15, -0.1) is 11.8 Å². The number of carbonyl (C=O) groups excluding carboxylic acids is 1. The summed E-state index contributed by atoms with van der Waals surface area (Å²) in [7, 11) is 2.96. The third-order valence-corrected chi connectivity index (χ3v) is 8.05. The highest BCUT2D eigenvalue weighted by molar-refractivity contribution is 7.98. The molecule has 6 atom stereocenters. The largest absolute Gasteiger partial charge is 0.492 e. The number of methoxy groups -OCH3 is 2. The Morgan fingerprint density at radius 2 is 1.82 bits per heavy atom. The van der Waals surface area contributed by atoms with Crippen LogP contribution in [0.5, 0.6) is 17.2 Å². The number of fused-ring (bicyclic) bond motifs is 3. The van der Waals surface area contributed by atoms with E-state index in [1.165, 1.54) is 32.9 Å². The molecule has 4 N–H and O–H groups in total. The highest BCUT2D eigenvalue weighted by atomic mass is 32.2. The van der Waals surface area contributed by atoms with Crippen LogP contribution >= 0.6 is 11.8 Å². The predicted octanol–water partition coefficient (Wildman–Crippen LogP) is 1.83. The molecule has 1 amide bonds. The van der Waals surface area contributed by atoms with Gasteiger partial charge in [0.25, 0.3) is 0 Å². The van der Waals surface area contributed by atoms with Gasteiger partial charge in [0.05, 0.1) is 25.2 Å². The lowest BCUT2D eigenvalue weighted by Gasteiger charge is -2.39. The number of hydrogen-bond donors (Lipinski definition) is 4.